The minimum atomic E-state index is -4.65. The van der Waals surface area contributed by atoms with Gasteiger partial charge in [0.05, 0.1) is 10.5 Å². The summed E-state index contributed by atoms with van der Waals surface area (Å²) >= 11 is 0. The summed E-state index contributed by atoms with van der Waals surface area (Å²) in [6, 6.07) is 2.63. The number of alkyl halides is 3. The van der Waals surface area contributed by atoms with Crippen molar-refractivity contribution in [1.29, 1.82) is 0 Å². The number of carbonyl (C=O) groups excluding carboxylic acids is 2. The summed E-state index contributed by atoms with van der Waals surface area (Å²) < 4.78 is 72.7. The molecule has 8 nitrogen and oxygen atoms in total. The summed E-state index contributed by atoms with van der Waals surface area (Å²) in [5.74, 6) is -0.555. The zero-order valence-corrected chi connectivity index (χ0v) is 24.4. The lowest BCUT2D eigenvalue weighted by Crippen LogP contribution is -2.53. The number of nitrogens with zero attached hydrogens (tertiary/aromatic N) is 2. The third kappa shape index (κ3) is 7.65. The Labute approximate surface area is 229 Å². The molecule has 1 aromatic carbocycles. The number of hydrogen-bond acceptors (Lipinski definition) is 5. The molecule has 0 aromatic heterocycles. The van der Waals surface area contributed by atoms with E-state index >= 15 is 0 Å². The van der Waals surface area contributed by atoms with E-state index in [1.807, 2.05) is 20.8 Å². The molecule has 1 saturated heterocycles. The molecule has 2 fully saturated rings. The molecule has 2 aliphatic rings. The van der Waals surface area contributed by atoms with Gasteiger partial charge < -0.3 is 10.1 Å². The van der Waals surface area contributed by atoms with Crippen LogP contribution in [0.3, 0.4) is 0 Å². The predicted octanol–water partition coefficient (Wildman–Crippen LogP) is 4.89. The molecule has 1 aromatic rings. The molecule has 0 unspecified atom stereocenters. The number of benzene rings is 1. The smallest absolute Gasteiger partial charge is 0.416 e. The van der Waals surface area contributed by atoms with Crippen molar-refractivity contribution < 1.29 is 35.9 Å². The third-order valence-electron chi connectivity index (χ3n) is 7.21. The second-order valence-corrected chi connectivity index (χ2v) is 14.8. The van der Waals surface area contributed by atoms with Crippen molar-refractivity contribution in [2.24, 2.45) is 17.3 Å². The van der Waals surface area contributed by atoms with Gasteiger partial charge in [-0.05, 0) is 75.5 Å². The highest BCUT2D eigenvalue weighted by Gasteiger charge is 2.48. The van der Waals surface area contributed by atoms with Gasteiger partial charge in [-0.25, -0.2) is 13.2 Å². The van der Waals surface area contributed by atoms with Crippen molar-refractivity contribution in [1.82, 2.24) is 14.5 Å². The van der Waals surface area contributed by atoms with Gasteiger partial charge in [-0.15, -0.1) is 0 Å². The van der Waals surface area contributed by atoms with Crippen LogP contribution in [0.15, 0.2) is 29.2 Å². The molecule has 2 amide bonds. The zero-order chi connectivity index (χ0) is 29.6. The molecule has 39 heavy (non-hydrogen) atoms. The molecule has 0 radical (unpaired) electrons. The van der Waals surface area contributed by atoms with Crippen LogP contribution in [0.2, 0.25) is 0 Å². The quantitative estimate of drug-likeness (QED) is 0.521. The van der Waals surface area contributed by atoms with Crippen LogP contribution in [-0.4, -0.2) is 67.4 Å². The normalized spacial score (nSPS) is 23.3. The van der Waals surface area contributed by atoms with E-state index in [-0.39, 0.29) is 42.3 Å². The Kier molecular flexibility index (Phi) is 8.73. The van der Waals surface area contributed by atoms with Gasteiger partial charge >= 0.3 is 12.3 Å². The molecule has 12 heteroatoms. The summed E-state index contributed by atoms with van der Waals surface area (Å²) in [6.45, 7) is 11.4. The Hall–Kier alpha value is -2.34. The lowest BCUT2D eigenvalue weighted by Gasteiger charge is -2.34. The van der Waals surface area contributed by atoms with Gasteiger partial charge in [-0.1, -0.05) is 26.8 Å². The highest BCUT2D eigenvalue weighted by Crippen LogP contribution is 2.41. The molecule has 1 N–H and O–H groups in total. The van der Waals surface area contributed by atoms with Crippen LogP contribution in [-0.2, 0) is 25.7 Å². The predicted molar refractivity (Wildman–Crippen MR) is 140 cm³/mol. The van der Waals surface area contributed by atoms with Crippen LogP contribution >= 0.6 is 0 Å². The lowest BCUT2D eigenvalue weighted by atomic mass is 9.87. The largest absolute Gasteiger partial charge is 0.444 e. The number of carbonyl (C=O) groups is 2. The van der Waals surface area contributed by atoms with Crippen molar-refractivity contribution in [3.63, 3.8) is 0 Å². The maximum Gasteiger partial charge on any atom is 0.416 e. The molecule has 1 aliphatic carbocycles. The first-order valence-corrected chi connectivity index (χ1v) is 14.6. The number of sulfonamides is 1. The highest BCUT2D eigenvalue weighted by atomic mass is 32.2. The Balaban J connectivity index is 1.75. The van der Waals surface area contributed by atoms with Crippen molar-refractivity contribution in [2.75, 3.05) is 20.1 Å². The first-order chi connectivity index (χ1) is 17.7. The summed E-state index contributed by atoms with van der Waals surface area (Å²) in [5, 5.41) is 3.05. The number of fused-ring (bicyclic) bond motifs is 1. The number of halogens is 3. The fourth-order valence-electron chi connectivity index (χ4n) is 5.31. The Morgan fingerprint density at radius 1 is 1.10 bits per heavy atom. The van der Waals surface area contributed by atoms with E-state index in [0.29, 0.717) is 25.3 Å². The highest BCUT2D eigenvalue weighted by molar-refractivity contribution is 7.89. The second kappa shape index (κ2) is 10.9. The van der Waals surface area contributed by atoms with Crippen LogP contribution in [0.25, 0.3) is 0 Å². The Morgan fingerprint density at radius 3 is 2.31 bits per heavy atom. The molecular weight excluding hydrogens is 535 g/mol. The van der Waals surface area contributed by atoms with Crippen molar-refractivity contribution in [3.05, 3.63) is 29.8 Å². The molecule has 0 bridgehead atoms. The van der Waals surface area contributed by atoms with E-state index in [1.54, 1.807) is 20.8 Å². The van der Waals surface area contributed by atoms with Gasteiger partial charge in [0.15, 0.2) is 0 Å². The van der Waals surface area contributed by atoms with E-state index in [1.165, 1.54) is 22.3 Å². The third-order valence-corrected chi connectivity index (χ3v) is 9.04. The van der Waals surface area contributed by atoms with E-state index in [0.717, 1.165) is 12.1 Å². The molecule has 4 atom stereocenters. The molecule has 1 heterocycles. The lowest BCUT2D eigenvalue weighted by molar-refractivity contribution is -0.137. The molecule has 0 spiro atoms. The summed E-state index contributed by atoms with van der Waals surface area (Å²) in [4.78, 5) is 27.2. The van der Waals surface area contributed by atoms with Gasteiger partial charge in [0.2, 0.25) is 15.9 Å². The van der Waals surface area contributed by atoms with Crippen molar-refractivity contribution in [3.8, 4) is 0 Å². The van der Waals surface area contributed by atoms with E-state index in [2.05, 4.69) is 5.32 Å². The van der Waals surface area contributed by atoms with Crippen LogP contribution in [0.5, 0.6) is 0 Å². The number of ether oxygens (including phenoxy) is 1. The van der Waals surface area contributed by atoms with Gasteiger partial charge in [-0.2, -0.15) is 17.5 Å². The minimum absolute atomic E-state index is 0.0273. The zero-order valence-electron chi connectivity index (χ0n) is 23.6. The average molecular weight is 576 g/mol. The van der Waals surface area contributed by atoms with Crippen LogP contribution in [0, 0.1) is 17.3 Å². The fourth-order valence-corrected chi connectivity index (χ4v) is 6.89. The van der Waals surface area contributed by atoms with Gasteiger partial charge in [-0.3, -0.25) is 9.69 Å². The SMILES string of the molecule is CN(C(=O)OC(C)(C)C)[C@@H](CC(C)(C)C)C(=O)N[C@@H]1CC[C@H]2CN(S(=O)(=O)c3cccc(C(F)(F)F)c3)C[C@H]21. The Morgan fingerprint density at radius 2 is 1.74 bits per heavy atom. The molecule has 220 valence electrons. The number of likely N-dealkylation sites (N-methyl/N-ethyl adjacent to an activating group) is 1. The average Bonchev–Trinajstić information content (AvgIpc) is 3.37. The molecule has 1 saturated carbocycles. The molecular formula is C27H40F3N3O5S. The standard InChI is InChI=1S/C27H40F3N3O5S/c1-25(2,3)14-22(32(7)24(35)38-26(4,5)6)23(34)31-21-12-11-17-15-33(16-20(17)21)39(36,37)19-10-8-9-18(13-19)27(28,29)30/h8-10,13,17,20-22H,11-12,14-16H2,1-7H3,(H,31,34)/t17-,20+,21+,22-/m0/s1. The number of nitrogens with one attached hydrogen (secondary N) is 1. The van der Waals surface area contributed by atoms with Gasteiger partial charge in [0, 0.05) is 26.2 Å². The maximum absolute atomic E-state index is 13.5. The first-order valence-electron chi connectivity index (χ1n) is 13.1. The van der Waals surface area contributed by atoms with Crippen molar-refractivity contribution in [2.45, 2.75) is 89.6 Å². The van der Waals surface area contributed by atoms with E-state index < -0.39 is 44.4 Å². The fraction of sp³-hybridized carbons (Fsp3) is 0.704. The number of rotatable bonds is 6. The summed E-state index contributed by atoms with van der Waals surface area (Å²) in [5.41, 5.74) is -2.03. The van der Waals surface area contributed by atoms with Crippen molar-refractivity contribution >= 4 is 22.0 Å². The number of amides is 2. The molecule has 1 aliphatic heterocycles. The first kappa shape index (κ1) is 31.2. The summed E-state index contributed by atoms with van der Waals surface area (Å²) in [7, 11) is -2.62. The Bertz CT molecular complexity index is 1170. The van der Waals surface area contributed by atoms with Gasteiger partial charge in [0.1, 0.15) is 11.6 Å². The maximum atomic E-state index is 13.5. The van der Waals surface area contributed by atoms with E-state index in [9.17, 15) is 31.2 Å². The van der Waals surface area contributed by atoms with E-state index in [4.69, 9.17) is 4.74 Å². The topological polar surface area (TPSA) is 96.0 Å². The van der Waals surface area contributed by atoms with Gasteiger partial charge in [0.25, 0.3) is 0 Å². The summed E-state index contributed by atoms with van der Waals surface area (Å²) in [6.07, 6.45) is -3.56. The monoisotopic (exact) mass is 575 g/mol. The number of hydrogen-bond donors (Lipinski definition) is 1. The molecule has 3 rings (SSSR count). The van der Waals surface area contributed by atoms with Crippen LogP contribution in [0.1, 0.15) is 66.4 Å². The van der Waals surface area contributed by atoms with Crippen LogP contribution < -0.4 is 5.32 Å². The second-order valence-electron chi connectivity index (χ2n) is 12.8. The van der Waals surface area contributed by atoms with Crippen LogP contribution in [0.4, 0.5) is 18.0 Å². The minimum Gasteiger partial charge on any atom is -0.444 e.